The minimum atomic E-state index is -0.342. The molecule has 0 N–H and O–H groups in total. The Labute approximate surface area is 150 Å². The summed E-state index contributed by atoms with van der Waals surface area (Å²) in [5.74, 6) is 0.901. The normalized spacial score (nSPS) is 15.8. The highest BCUT2D eigenvalue weighted by Crippen LogP contribution is 2.37. The van der Waals surface area contributed by atoms with Crippen LogP contribution >= 0.6 is 11.8 Å². The third-order valence-electron chi connectivity index (χ3n) is 3.78. The van der Waals surface area contributed by atoms with Gasteiger partial charge in [0, 0.05) is 5.56 Å². The van der Waals surface area contributed by atoms with Crippen molar-refractivity contribution in [3.63, 3.8) is 0 Å². The van der Waals surface area contributed by atoms with Gasteiger partial charge in [0.15, 0.2) is 0 Å². The maximum absolute atomic E-state index is 12.7. The molecule has 1 saturated heterocycles. The van der Waals surface area contributed by atoms with E-state index in [1.807, 2.05) is 25.1 Å². The largest absolute Gasteiger partial charge is 0.497 e. The molecule has 25 heavy (non-hydrogen) atoms. The van der Waals surface area contributed by atoms with Crippen molar-refractivity contribution < 1.29 is 19.1 Å². The number of thioether (sulfide) groups is 1. The lowest BCUT2D eigenvalue weighted by Gasteiger charge is -2.13. The van der Waals surface area contributed by atoms with E-state index in [2.05, 4.69) is 0 Å². The fourth-order valence-electron chi connectivity index (χ4n) is 2.55. The van der Waals surface area contributed by atoms with Crippen LogP contribution < -0.4 is 14.4 Å². The quantitative estimate of drug-likeness (QED) is 0.767. The van der Waals surface area contributed by atoms with Crippen molar-refractivity contribution in [2.24, 2.45) is 0 Å². The molecule has 1 aliphatic heterocycles. The van der Waals surface area contributed by atoms with Crippen LogP contribution in [0.4, 0.5) is 10.5 Å². The lowest BCUT2D eigenvalue weighted by Crippen LogP contribution is -2.27. The van der Waals surface area contributed by atoms with Crippen molar-refractivity contribution >= 4 is 34.7 Å². The lowest BCUT2D eigenvalue weighted by molar-refractivity contribution is -0.113. The SMILES string of the molecule is COc1ccc(OC)c(/C=C2\SC(=O)N(c3cccc(C)c3)C2=O)c1. The zero-order valence-corrected chi connectivity index (χ0v) is 14.9. The minimum Gasteiger partial charge on any atom is -0.497 e. The Hall–Kier alpha value is -2.73. The van der Waals surface area contributed by atoms with Gasteiger partial charge in [-0.2, -0.15) is 0 Å². The van der Waals surface area contributed by atoms with Crippen molar-refractivity contribution in [3.8, 4) is 11.5 Å². The van der Waals surface area contributed by atoms with E-state index >= 15 is 0 Å². The van der Waals surface area contributed by atoms with Crippen LogP contribution in [0.15, 0.2) is 47.4 Å². The Morgan fingerprint density at radius 2 is 1.84 bits per heavy atom. The fourth-order valence-corrected chi connectivity index (χ4v) is 3.38. The number of carbonyl (C=O) groups excluding carboxylic acids is 2. The first-order valence-corrected chi connectivity index (χ1v) is 8.42. The van der Waals surface area contributed by atoms with E-state index in [1.54, 1.807) is 44.6 Å². The molecule has 2 aromatic rings. The van der Waals surface area contributed by atoms with Gasteiger partial charge in [0.2, 0.25) is 0 Å². The van der Waals surface area contributed by atoms with E-state index in [9.17, 15) is 9.59 Å². The Balaban J connectivity index is 1.98. The highest BCUT2D eigenvalue weighted by atomic mass is 32.2. The van der Waals surface area contributed by atoms with Gasteiger partial charge in [0.05, 0.1) is 24.8 Å². The summed E-state index contributed by atoms with van der Waals surface area (Å²) in [6, 6.07) is 12.6. The number of benzene rings is 2. The van der Waals surface area contributed by atoms with Gasteiger partial charge in [-0.15, -0.1) is 0 Å². The van der Waals surface area contributed by atoms with E-state index < -0.39 is 0 Å². The van der Waals surface area contributed by atoms with E-state index in [0.717, 1.165) is 17.3 Å². The summed E-state index contributed by atoms with van der Waals surface area (Å²) in [7, 11) is 3.12. The molecule has 0 bridgehead atoms. The molecule has 0 radical (unpaired) electrons. The summed E-state index contributed by atoms with van der Waals surface area (Å²) in [4.78, 5) is 26.6. The van der Waals surface area contributed by atoms with Gasteiger partial charge in [0.25, 0.3) is 11.1 Å². The van der Waals surface area contributed by atoms with E-state index in [0.29, 0.717) is 27.7 Å². The first-order chi connectivity index (χ1) is 12.0. The van der Waals surface area contributed by atoms with Crippen molar-refractivity contribution in [1.29, 1.82) is 0 Å². The van der Waals surface area contributed by atoms with Crippen LogP contribution in [-0.2, 0) is 4.79 Å². The standard InChI is InChI=1S/C19H17NO4S/c1-12-5-4-6-14(9-12)20-18(21)17(25-19(20)22)11-13-10-15(23-2)7-8-16(13)24-3/h4-11H,1-3H3/b17-11-. The van der Waals surface area contributed by atoms with Crippen molar-refractivity contribution in [3.05, 3.63) is 58.5 Å². The topological polar surface area (TPSA) is 55.8 Å². The van der Waals surface area contributed by atoms with Gasteiger partial charge in [-0.25, -0.2) is 4.90 Å². The van der Waals surface area contributed by atoms with E-state index in [4.69, 9.17) is 9.47 Å². The Bertz CT molecular complexity index is 875. The summed E-state index contributed by atoms with van der Waals surface area (Å²) in [6.45, 7) is 1.92. The first kappa shape index (κ1) is 17.1. The number of ether oxygens (including phenoxy) is 2. The van der Waals surface area contributed by atoms with Crippen LogP contribution in [0.1, 0.15) is 11.1 Å². The summed E-state index contributed by atoms with van der Waals surface area (Å²) in [5.41, 5.74) is 2.23. The summed E-state index contributed by atoms with van der Waals surface area (Å²) in [5, 5.41) is -0.316. The van der Waals surface area contributed by atoms with Gasteiger partial charge in [-0.3, -0.25) is 9.59 Å². The van der Waals surface area contributed by atoms with Gasteiger partial charge in [0.1, 0.15) is 11.5 Å². The molecule has 0 unspecified atom stereocenters. The average Bonchev–Trinajstić information content (AvgIpc) is 2.88. The van der Waals surface area contributed by atoms with Crippen LogP contribution in [0.5, 0.6) is 11.5 Å². The molecular weight excluding hydrogens is 338 g/mol. The Morgan fingerprint density at radius 3 is 2.52 bits per heavy atom. The molecule has 0 saturated carbocycles. The van der Waals surface area contributed by atoms with Crippen molar-refractivity contribution in [2.75, 3.05) is 19.1 Å². The second-order valence-corrected chi connectivity index (χ2v) is 6.46. The number of hydrogen-bond donors (Lipinski definition) is 0. The highest BCUT2D eigenvalue weighted by Gasteiger charge is 2.36. The molecule has 0 aromatic heterocycles. The maximum atomic E-state index is 12.7. The van der Waals surface area contributed by atoms with Gasteiger partial charge in [-0.05, 0) is 60.7 Å². The molecule has 1 fully saturated rings. The number of aryl methyl sites for hydroxylation is 1. The average molecular weight is 355 g/mol. The van der Waals surface area contributed by atoms with Crippen molar-refractivity contribution in [1.82, 2.24) is 0 Å². The number of carbonyl (C=O) groups is 2. The second-order valence-electron chi connectivity index (χ2n) is 5.46. The third-order valence-corrected chi connectivity index (χ3v) is 4.65. The van der Waals surface area contributed by atoms with Gasteiger partial charge < -0.3 is 9.47 Å². The van der Waals surface area contributed by atoms with Gasteiger partial charge >= 0.3 is 0 Å². The summed E-state index contributed by atoms with van der Waals surface area (Å²) >= 11 is 0.912. The van der Waals surface area contributed by atoms with Crippen LogP contribution in [0.25, 0.3) is 6.08 Å². The molecule has 1 heterocycles. The first-order valence-electron chi connectivity index (χ1n) is 7.60. The molecule has 0 aliphatic carbocycles. The van der Waals surface area contributed by atoms with Crippen LogP contribution in [-0.4, -0.2) is 25.4 Å². The maximum Gasteiger partial charge on any atom is 0.298 e. The van der Waals surface area contributed by atoms with Crippen LogP contribution in [0.2, 0.25) is 0 Å². The number of imide groups is 1. The zero-order valence-electron chi connectivity index (χ0n) is 14.1. The molecule has 5 nitrogen and oxygen atoms in total. The van der Waals surface area contributed by atoms with E-state index in [1.165, 1.54) is 4.90 Å². The number of anilines is 1. The molecule has 128 valence electrons. The third kappa shape index (κ3) is 3.39. The monoisotopic (exact) mass is 355 g/mol. The highest BCUT2D eigenvalue weighted by molar-refractivity contribution is 8.19. The fraction of sp³-hybridized carbons (Fsp3) is 0.158. The minimum absolute atomic E-state index is 0.316. The number of methoxy groups -OCH3 is 2. The molecule has 3 rings (SSSR count). The van der Waals surface area contributed by atoms with Crippen LogP contribution in [0, 0.1) is 6.92 Å². The zero-order chi connectivity index (χ0) is 18.0. The molecule has 2 aromatic carbocycles. The molecule has 0 atom stereocenters. The van der Waals surface area contributed by atoms with E-state index in [-0.39, 0.29) is 11.1 Å². The summed E-state index contributed by atoms with van der Waals surface area (Å²) in [6.07, 6.45) is 1.65. The van der Waals surface area contributed by atoms with Crippen molar-refractivity contribution in [2.45, 2.75) is 6.92 Å². The lowest BCUT2D eigenvalue weighted by atomic mass is 10.1. The predicted molar refractivity (Wildman–Crippen MR) is 99.2 cm³/mol. The summed E-state index contributed by atoms with van der Waals surface area (Å²) < 4.78 is 10.5. The second kappa shape index (κ2) is 7.03. The molecule has 0 spiro atoms. The van der Waals surface area contributed by atoms with Crippen LogP contribution in [0.3, 0.4) is 0 Å². The molecule has 2 amide bonds. The number of amides is 2. The molecular formula is C19H17NO4S. The number of rotatable bonds is 4. The number of nitrogens with zero attached hydrogens (tertiary/aromatic N) is 1. The van der Waals surface area contributed by atoms with Gasteiger partial charge in [-0.1, -0.05) is 12.1 Å². The smallest absolute Gasteiger partial charge is 0.298 e. The molecule has 1 aliphatic rings. The number of hydrogen-bond acceptors (Lipinski definition) is 5. The molecule has 6 heteroatoms. The Morgan fingerprint density at radius 1 is 1.04 bits per heavy atom. The predicted octanol–water partition coefficient (Wildman–Crippen LogP) is 4.25. The Kier molecular flexibility index (Phi) is 4.81.